The third-order valence-electron chi connectivity index (χ3n) is 6.21. The molecule has 2 aromatic rings. The van der Waals surface area contributed by atoms with Crippen LogP contribution in [0.2, 0.25) is 0 Å². The van der Waals surface area contributed by atoms with Crippen LogP contribution in [0.25, 0.3) is 0 Å². The topological polar surface area (TPSA) is 56.8 Å². The van der Waals surface area contributed by atoms with Gasteiger partial charge in [-0.15, -0.1) is 0 Å². The van der Waals surface area contributed by atoms with Crippen molar-refractivity contribution in [1.82, 2.24) is 15.8 Å². The maximum Gasteiger partial charge on any atom is 0.241 e. The fraction of sp³-hybridized carbons (Fsp3) is 0.435. The lowest BCUT2D eigenvalue weighted by molar-refractivity contribution is -0.133. The third-order valence-corrected chi connectivity index (χ3v) is 6.21. The number of nitrogens with one attached hydrogen (secondary N) is 2. The predicted octanol–water partition coefficient (Wildman–Crippen LogP) is 2.57. The van der Waals surface area contributed by atoms with Crippen molar-refractivity contribution in [3.8, 4) is 5.75 Å². The van der Waals surface area contributed by atoms with E-state index in [2.05, 4.69) is 53.9 Å². The minimum atomic E-state index is -0.196. The smallest absolute Gasteiger partial charge is 0.241 e. The third kappa shape index (κ3) is 4.09. The summed E-state index contributed by atoms with van der Waals surface area (Å²) in [6, 6.07) is 14.4. The maximum absolute atomic E-state index is 13.0. The standard InChI is InChI=1S/C23H30N4O2/c1-16-6-4-9-22(17(16)2)26-10-12-27(13-11-26)23(28)21-15-20(24-25-21)18-7-5-8-19(14-18)29-3/h4-9,14,20-21,24-25H,10-13,15H2,1-3H3. The number of amides is 1. The number of hydrazine groups is 1. The van der Waals surface area contributed by atoms with E-state index in [1.807, 2.05) is 23.1 Å². The summed E-state index contributed by atoms with van der Waals surface area (Å²) in [7, 11) is 1.67. The van der Waals surface area contributed by atoms with Crippen LogP contribution in [0.1, 0.15) is 29.2 Å². The summed E-state index contributed by atoms with van der Waals surface area (Å²) in [4.78, 5) is 17.4. The molecule has 6 heteroatoms. The van der Waals surface area contributed by atoms with Crippen molar-refractivity contribution < 1.29 is 9.53 Å². The largest absolute Gasteiger partial charge is 0.497 e. The average Bonchev–Trinajstić information content (AvgIpc) is 3.26. The fourth-order valence-electron chi connectivity index (χ4n) is 4.26. The first-order valence-electron chi connectivity index (χ1n) is 10.3. The monoisotopic (exact) mass is 394 g/mol. The molecule has 2 saturated heterocycles. The Labute approximate surface area is 172 Å². The van der Waals surface area contributed by atoms with E-state index in [-0.39, 0.29) is 18.0 Å². The average molecular weight is 395 g/mol. The Kier molecular flexibility index (Phi) is 5.74. The Morgan fingerprint density at radius 2 is 1.79 bits per heavy atom. The van der Waals surface area contributed by atoms with Gasteiger partial charge in [-0.3, -0.25) is 4.79 Å². The van der Waals surface area contributed by atoms with Crippen molar-refractivity contribution in [3.05, 3.63) is 59.2 Å². The first-order chi connectivity index (χ1) is 14.1. The van der Waals surface area contributed by atoms with Gasteiger partial charge in [-0.1, -0.05) is 24.3 Å². The van der Waals surface area contributed by atoms with Gasteiger partial charge in [0.1, 0.15) is 11.8 Å². The second-order valence-corrected chi connectivity index (χ2v) is 7.94. The molecule has 2 atom stereocenters. The minimum absolute atomic E-state index is 0.107. The number of carbonyl (C=O) groups excluding carboxylic acids is 1. The summed E-state index contributed by atoms with van der Waals surface area (Å²) in [5.41, 5.74) is 11.5. The van der Waals surface area contributed by atoms with Gasteiger partial charge in [0.25, 0.3) is 0 Å². The molecule has 2 heterocycles. The van der Waals surface area contributed by atoms with Gasteiger partial charge in [-0.25, -0.2) is 10.9 Å². The highest BCUT2D eigenvalue weighted by Crippen LogP contribution is 2.27. The van der Waals surface area contributed by atoms with E-state index in [9.17, 15) is 4.79 Å². The molecule has 0 aromatic heterocycles. The Morgan fingerprint density at radius 1 is 1.03 bits per heavy atom. The van der Waals surface area contributed by atoms with E-state index < -0.39 is 0 Å². The molecule has 2 N–H and O–H groups in total. The van der Waals surface area contributed by atoms with Crippen LogP contribution in [0.15, 0.2) is 42.5 Å². The highest BCUT2D eigenvalue weighted by Gasteiger charge is 2.34. The van der Waals surface area contributed by atoms with Crippen molar-refractivity contribution >= 4 is 11.6 Å². The van der Waals surface area contributed by atoms with E-state index in [0.29, 0.717) is 0 Å². The Bertz CT molecular complexity index is 877. The van der Waals surface area contributed by atoms with Crippen LogP contribution in [0, 0.1) is 13.8 Å². The second-order valence-electron chi connectivity index (χ2n) is 7.94. The quantitative estimate of drug-likeness (QED) is 0.835. The molecule has 0 spiro atoms. The molecule has 1 amide bonds. The Morgan fingerprint density at radius 3 is 2.55 bits per heavy atom. The Balaban J connectivity index is 1.35. The lowest BCUT2D eigenvalue weighted by Crippen LogP contribution is -2.53. The van der Waals surface area contributed by atoms with Gasteiger partial charge >= 0.3 is 0 Å². The molecule has 0 saturated carbocycles. The number of rotatable bonds is 4. The highest BCUT2D eigenvalue weighted by atomic mass is 16.5. The van der Waals surface area contributed by atoms with Crippen molar-refractivity contribution in [2.75, 3.05) is 38.2 Å². The van der Waals surface area contributed by atoms with Gasteiger partial charge in [0.2, 0.25) is 5.91 Å². The molecular formula is C23H30N4O2. The number of hydrogen-bond donors (Lipinski definition) is 2. The second kappa shape index (κ2) is 8.43. The summed E-state index contributed by atoms with van der Waals surface area (Å²) in [6.07, 6.45) is 0.739. The summed E-state index contributed by atoms with van der Waals surface area (Å²) in [6.45, 7) is 7.58. The molecule has 4 rings (SSSR count). The van der Waals surface area contributed by atoms with Crippen molar-refractivity contribution in [2.45, 2.75) is 32.4 Å². The number of methoxy groups -OCH3 is 1. The van der Waals surface area contributed by atoms with Crippen molar-refractivity contribution in [1.29, 1.82) is 0 Å². The van der Waals surface area contributed by atoms with Crippen LogP contribution < -0.4 is 20.5 Å². The molecule has 0 radical (unpaired) electrons. The van der Waals surface area contributed by atoms with Crippen molar-refractivity contribution in [3.63, 3.8) is 0 Å². The number of hydrogen-bond acceptors (Lipinski definition) is 5. The van der Waals surface area contributed by atoms with Gasteiger partial charge < -0.3 is 14.5 Å². The van der Waals surface area contributed by atoms with Gasteiger partial charge in [0, 0.05) is 37.9 Å². The van der Waals surface area contributed by atoms with Gasteiger partial charge in [-0.2, -0.15) is 0 Å². The number of nitrogens with zero attached hydrogens (tertiary/aromatic N) is 2. The molecule has 2 aromatic carbocycles. The molecule has 2 aliphatic heterocycles. The van der Waals surface area contributed by atoms with Crippen LogP contribution >= 0.6 is 0 Å². The molecule has 2 aliphatic rings. The predicted molar refractivity (Wildman–Crippen MR) is 115 cm³/mol. The number of benzene rings is 2. The van der Waals surface area contributed by atoms with Crippen molar-refractivity contribution in [2.24, 2.45) is 0 Å². The summed E-state index contributed by atoms with van der Waals surface area (Å²) in [5.74, 6) is 1.02. The lowest BCUT2D eigenvalue weighted by Gasteiger charge is -2.38. The van der Waals surface area contributed by atoms with E-state index in [4.69, 9.17) is 4.74 Å². The summed E-state index contributed by atoms with van der Waals surface area (Å²) in [5, 5.41) is 0. The zero-order valence-corrected chi connectivity index (χ0v) is 17.4. The SMILES string of the molecule is COc1cccc(C2CC(C(=O)N3CCN(c4cccc(C)c4C)CC3)NN2)c1. The molecule has 0 bridgehead atoms. The molecule has 6 nitrogen and oxygen atoms in total. The van der Waals surface area contributed by atoms with E-state index >= 15 is 0 Å². The molecule has 29 heavy (non-hydrogen) atoms. The van der Waals surface area contributed by atoms with Gasteiger partial charge in [0.15, 0.2) is 0 Å². The van der Waals surface area contributed by atoms with E-state index in [1.165, 1.54) is 16.8 Å². The fourth-order valence-corrected chi connectivity index (χ4v) is 4.26. The molecule has 0 aliphatic carbocycles. The zero-order valence-electron chi connectivity index (χ0n) is 17.4. The van der Waals surface area contributed by atoms with Crippen LogP contribution in [0.4, 0.5) is 5.69 Å². The highest BCUT2D eigenvalue weighted by molar-refractivity contribution is 5.82. The van der Waals surface area contributed by atoms with Crippen LogP contribution in [0.3, 0.4) is 0 Å². The van der Waals surface area contributed by atoms with Crippen LogP contribution in [-0.4, -0.2) is 50.1 Å². The summed E-state index contributed by atoms with van der Waals surface area (Å²) < 4.78 is 5.32. The number of carbonyl (C=O) groups is 1. The maximum atomic E-state index is 13.0. The number of piperazine rings is 1. The first kappa shape index (κ1) is 19.7. The first-order valence-corrected chi connectivity index (χ1v) is 10.3. The minimum Gasteiger partial charge on any atom is -0.497 e. The van der Waals surface area contributed by atoms with Gasteiger partial charge in [0.05, 0.1) is 7.11 Å². The molecular weight excluding hydrogens is 364 g/mol. The number of anilines is 1. The summed E-state index contributed by atoms with van der Waals surface area (Å²) >= 11 is 0. The normalized spacial score (nSPS) is 22.0. The number of aryl methyl sites for hydroxylation is 1. The van der Waals surface area contributed by atoms with Crippen LogP contribution in [-0.2, 0) is 4.79 Å². The number of ether oxygens (including phenoxy) is 1. The molecule has 2 unspecified atom stereocenters. The Hall–Kier alpha value is -2.57. The molecule has 2 fully saturated rings. The van der Waals surface area contributed by atoms with E-state index in [0.717, 1.165) is 43.9 Å². The zero-order chi connectivity index (χ0) is 20.4. The molecule has 154 valence electrons. The lowest BCUT2D eigenvalue weighted by atomic mass is 10.0. The van der Waals surface area contributed by atoms with E-state index in [1.54, 1.807) is 7.11 Å². The van der Waals surface area contributed by atoms with Crippen LogP contribution in [0.5, 0.6) is 5.75 Å². The van der Waals surface area contributed by atoms with Gasteiger partial charge in [-0.05, 0) is 55.2 Å².